The van der Waals surface area contributed by atoms with Crippen molar-refractivity contribution in [2.45, 2.75) is 6.04 Å². The Bertz CT molecular complexity index is 636. The van der Waals surface area contributed by atoms with Crippen LogP contribution in [0.3, 0.4) is 0 Å². The monoisotopic (exact) mass is 288 g/mol. The highest BCUT2D eigenvalue weighted by atomic mass is 16.5. The lowest BCUT2D eigenvalue weighted by Gasteiger charge is -2.39. The summed E-state index contributed by atoms with van der Waals surface area (Å²) in [6.07, 6.45) is 3.44. The quantitative estimate of drug-likeness (QED) is 0.839. The van der Waals surface area contributed by atoms with Crippen molar-refractivity contribution in [2.24, 2.45) is 0 Å². The van der Waals surface area contributed by atoms with Crippen molar-refractivity contribution in [1.29, 1.82) is 0 Å². The van der Waals surface area contributed by atoms with E-state index in [1.165, 1.54) is 0 Å². The Morgan fingerprint density at radius 3 is 2.71 bits per heavy atom. The average molecular weight is 288 g/mol. The van der Waals surface area contributed by atoms with Crippen LogP contribution in [0.5, 0.6) is 11.5 Å². The van der Waals surface area contributed by atoms with E-state index in [4.69, 9.17) is 9.47 Å². The first-order chi connectivity index (χ1) is 10.2. The van der Waals surface area contributed by atoms with Gasteiger partial charge in [-0.3, -0.25) is 4.79 Å². The van der Waals surface area contributed by atoms with Crippen LogP contribution in [0.4, 0.5) is 0 Å². The third-order valence-electron chi connectivity index (χ3n) is 3.60. The van der Waals surface area contributed by atoms with Crippen molar-refractivity contribution in [2.75, 3.05) is 27.3 Å². The molecule has 2 aromatic rings. The Hall–Kier alpha value is -2.57. The van der Waals surface area contributed by atoms with Gasteiger partial charge in [-0.2, -0.15) is 0 Å². The molecule has 21 heavy (non-hydrogen) atoms. The molecule has 0 N–H and O–H groups in total. The van der Waals surface area contributed by atoms with E-state index in [0.29, 0.717) is 30.2 Å². The van der Waals surface area contributed by atoms with Crippen molar-refractivity contribution >= 4 is 5.91 Å². The summed E-state index contributed by atoms with van der Waals surface area (Å²) in [5.74, 6) is 1.13. The predicted octanol–water partition coefficient (Wildman–Crippen LogP) is 0.992. The number of hydrogen-bond donors (Lipinski definition) is 0. The summed E-state index contributed by atoms with van der Waals surface area (Å²) in [5.41, 5.74) is 0.537. The minimum Gasteiger partial charge on any atom is -0.497 e. The fourth-order valence-corrected chi connectivity index (χ4v) is 2.35. The van der Waals surface area contributed by atoms with Crippen LogP contribution in [-0.2, 0) is 0 Å². The molecule has 1 aromatic heterocycles. The van der Waals surface area contributed by atoms with E-state index in [1.54, 1.807) is 54.4 Å². The number of hydrogen-bond acceptors (Lipinski definition) is 5. The van der Waals surface area contributed by atoms with Crippen LogP contribution in [0, 0.1) is 0 Å². The molecule has 1 fully saturated rings. The van der Waals surface area contributed by atoms with Gasteiger partial charge in [-0.05, 0) is 12.1 Å². The molecule has 1 amide bonds. The first-order valence-electron chi connectivity index (χ1n) is 6.60. The second kappa shape index (κ2) is 5.43. The minimum absolute atomic E-state index is 0.0501. The molecule has 1 saturated heterocycles. The summed E-state index contributed by atoms with van der Waals surface area (Å²) in [6, 6.07) is 5.38. The first-order valence-corrected chi connectivity index (χ1v) is 6.60. The number of carbonyl (C=O) groups is 1. The van der Waals surface area contributed by atoms with Crippen LogP contribution in [-0.4, -0.2) is 53.1 Å². The van der Waals surface area contributed by atoms with Crippen molar-refractivity contribution in [1.82, 2.24) is 19.9 Å². The summed E-state index contributed by atoms with van der Waals surface area (Å²) in [5, 5.41) is 7.72. The average Bonchev–Trinajstić information content (AvgIpc) is 2.98. The van der Waals surface area contributed by atoms with Crippen LogP contribution in [0.25, 0.3) is 0 Å². The molecular formula is C14H16N4O3. The smallest absolute Gasteiger partial charge is 0.257 e. The molecule has 0 saturated carbocycles. The van der Waals surface area contributed by atoms with Crippen LogP contribution in [0.15, 0.2) is 30.6 Å². The summed E-state index contributed by atoms with van der Waals surface area (Å²) in [4.78, 5) is 14.2. The number of carbonyl (C=O) groups excluding carboxylic acids is 1. The second-order valence-electron chi connectivity index (χ2n) is 4.81. The fraction of sp³-hybridized carbons (Fsp3) is 0.357. The number of likely N-dealkylation sites (tertiary alicyclic amines) is 1. The van der Waals surface area contributed by atoms with Gasteiger partial charge in [0.2, 0.25) is 0 Å². The Balaban J connectivity index is 1.72. The SMILES string of the molecule is COc1ccc(C(=O)N2CC(n3ccnn3)C2)c(OC)c1. The van der Waals surface area contributed by atoms with E-state index in [2.05, 4.69) is 10.3 Å². The van der Waals surface area contributed by atoms with Crippen molar-refractivity contribution in [3.63, 3.8) is 0 Å². The molecule has 2 heterocycles. The minimum atomic E-state index is -0.0501. The lowest BCUT2D eigenvalue weighted by Crippen LogP contribution is -2.50. The molecule has 0 radical (unpaired) electrons. The van der Waals surface area contributed by atoms with Gasteiger partial charge in [0.25, 0.3) is 5.91 Å². The van der Waals surface area contributed by atoms with Gasteiger partial charge in [0.15, 0.2) is 0 Å². The fourth-order valence-electron chi connectivity index (χ4n) is 2.35. The lowest BCUT2D eigenvalue weighted by atomic mass is 10.1. The number of amides is 1. The van der Waals surface area contributed by atoms with Gasteiger partial charge in [0, 0.05) is 25.4 Å². The predicted molar refractivity (Wildman–Crippen MR) is 74.5 cm³/mol. The third kappa shape index (κ3) is 2.42. The molecule has 0 bridgehead atoms. The largest absolute Gasteiger partial charge is 0.497 e. The zero-order valence-corrected chi connectivity index (χ0v) is 11.9. The molecule has 1 aromatic carbocycles. The molecule has 7 heteroatoms. The number of aromatic nitrogens is 3. The van der Waals surface area contributed by atoms with Crippen LogP contribution in [0.2, 0.25) is 0 Å². The molecule has 0 spiro atoms. The normalized spacial score (nSPS) is 14.7. The highest BCUT2D eigenvalue weighted by Crippen LogP contribution is 2.29. The third-order valence-corrected chi connectivity index (χ3v) is 3.60. The molecule has 0 aliphatic carbocycles. The van der Waals surface area contributed by atoms with Gasteiger partial charge in [-0.15, -0.1) is 5.10 Å². The Labute approximate surface area is 122 Å². The maximum atomic E-state index is 12.5. The van der Waals surface area contributed by atoms with Crippen molar-refractivity contribution in [3.8, 4) is 11.5 Å². The molecule has 7 nitrogen and oxygen atoms in total. The molecule has 1 aliphatic heterocycles. The highest BCUT2D eigenvalue weighted by molar-refractivity contribution is 5.97. The van der Waals surface area contributed by atoms with E-state index < -0.39 is 0 Å². The van der Waals surface area contributed by atoms with Crippen LogP contribution in [0.1, 0.15) is 16.4 Å². The van der Waals surface area contributed by atoms with Crippen molar-refractivity contribution in [3.05, 3.63) is 36.2 Å². The molecule has 0 unspecified atom stereocenters. The maximum absolute atomic E-state index is 12.5. The van der Waals surface area contributed by atoms with Gasteiger partial charge in [0.1, 0.15) is 11.5 Å². The molecule has 0 atom stereocenters. The van der Waals surface area contributed by atoms with Gasteiger partial charge < -0.3 is 14.4 Å². The first kappa shape index (κ1) is 13.4. The highest BCUT2D eigenvalue weighted by Gasteiger charge is 2.34. The lowest BCUT2D eigenvalue weighted by molar-refractivity contribution is 0.0495. The van der Waals surface area contributed by atoms with Crippen LogP contribution < -0.4 is 9.47 Å². The number of nitrogens with zero attached hydrogens (tertiary/aromatic N) is 4. The number of methoxy groups -OCH3 is 2. The Morgan fingerprint density at radius 1 is 1.29 bits per heavy atom. The molecule has 110 valence electrons. The van der Waals surface area contributed by atoms with Gasteiger partial charge >= 0.3 is 0 Å². The van der Waals surface area contributed by atoms with Crippen molar-refractivity contribution < 1.29 is 14.3 Å². The van der Waals surface area contributed by atoms with E-state index in [1.807, 2.05) is 0 Å². The van der Waals surface area contributed by atoms with E-state index >= 15 is 0 Å². The maximum Gasteiger partial charge on any atom is 0.257 e. The second-order valence-corrected chi connectivity index (χ2v) is 4.81. The molecular weight excluding hydrogens is 272 g/mol. The van der Waals surface area contributed by atoms with E-state index in [0.717, 1.165) is 0 Å². The van der Waals surface area contributed by atoms with E-state index in [9.17, 15) is 4.79 Å². The molecule has 3 rings (SSSR count). The Morgan fingerprint density at radius 2 is 2.10 bits per heavy atom. The Kier molecular flexibility index (Phi) is 3.47. The topological polar surface area (TPSA) is 69.5 Å². The standard InChI is InChI=1S/C14H16N4O3/c1-20-11-3-4-12(13(7-11)21-2)14(19)17-8-10(9-17)18-6-5-15-16-18/h3-7,10H,8-9H2,1-2H3. The number of rotatable bonds is 4. The summed E-state index contributed by atoms with van der Waals surface area (Å²) in [7, 11) is 3.12. The zero-order valence-electron chi connectivity index (χ0n) is 11.9. The summed E-state index contributed by atoms with van der Waals surface area (Å²) < 4.78 is 12.2. The number of ether oxygens (including phenoxy) is 2. The zero-order chi connectivity index (χ0) is 14.8. The van der Waals surface area contributed by atoms with Gasteiger partial charge in [0.05, 0.1) is 32.0 Å². The number of benzene rings is 1. The van der Waals surface area contributed by atoms with Crippen LogP contribution >= 0.6 is 0 Å². The molecule has 1 aliphatic rings. The summed E-state index contributed by atoms with van der Waals surface area (Å²) in [6.45, 7) is 1.24. The van der Waals surface area contributed by atoms with E-state index in [-0.39, 0.29) is 11.9 Å². The van der Waals surface area contributed by atoms with Gasteiger partial charge in [-0.25, -0.2) is 4.68 Å². The summed E-state index contributed by atoms with van der Waals surface area (Å²) >= 11 is 0. The van der Waals surface area contributed by atoms with Gasteiger partial charge in [-0.1, -0.05) is 5.21 Å².